The van der Waals surface area contributed by atoms with Crippen molar-refractivity contribution in [2.45, 2.75) is 13.5 Å². The van der Waals surface area contributed by atoms with Crippen LogP contribution in [0.1, 0.15) is 6.92 Å². The minimum absolute atomic E-state index is 0.252. The molecule has 0 fully saturated rings. The van der Waals surface area contributed by atoms with Crippen LogP contribution in [-0.2, 0) is 6.54 Å². The lowest BCUT2D eigenvalue weighted by molar-refractivity contribution is -0.703. The van der Waals surface area contributed by atoms with E-state index in [1.165, 1.54) is 0 Å². The highest BCUT2D eigenvalue weighted by molar-refractivity contribution is 4.83. The smallest absolute Gasteiger partial charge is 0.168 e. The molecule has 1 N–H and O–H groups in total. The summed E-state index contributed by atoms with van der Waals surface area (Å²) in [5.74, 6) is 0.336. The molecule has 0 amide bonds. The quantitative estimate of drug-likeness (QED) is 0.630. The first kappa shape index (κ1) is 8.21. The minimum Gasteiger partial charge on any atom is -0.396 e. The van der Waals surface area contributed by atoms with Crippen molar-refractivity contribution >= 4 is 0 Å². The molecule has 1 unspecified atom stereocenters. The first-order chi connectivity index (χ1) is 5.33. The second-order valence-electron chi connectivity index (χ2n) is 2.86. The Morgan fingerprint density at radius 3 is 2.45 bits per heavy atom. The average molecular weight is 152 g/mol. The fraction of sp³-hybridized carbons (Fsp3) is 0.444. The molecule has 2 nitrogen and oxygen atoms in total. The highest BCUT2D eigenvalue weighted by Gasteiger charge is 2.05. The number of aromatic nitrogens is 1. The van der Waals surface area contributed by atoms with E-state index in [9.17, 15) is 0 Å². The van der Waals surface area contributed by atoms with Crippen molar-refractivity contribution in [3.05, 3.63) is 30.6 Å². The molecule has 0 aliphatic carbocycles. The molecule has 1 heterocycles. The summed E-state index contributed by atoms with van der Waals surface area (Å²) in [6, 6.07) is 5.97. The second-order valence-corrected chi connectivity index (χ2v) is 2.86. The Morgan fingerprint density at radius 1 is 1.27 bits per heavy atom. The molecule has 1 atom stereocenters. The van der Waals surface area contributed by atoms with Crippen molar-refractivity contribution in [3.63, 3.8) is 0 Å². The van der Waals surface area contributed by atoms with E-state index in [0.29, 0.717) is 5.92 Å². The summed E-state index contributed by atoms with van der Waals surface area (Å²) < 4.78 is 2.07. The maximum absolute atomic E-state index is 8.78. The van der Waals surface area contributed by atoms with Gasteiger partial charge in [-0.3, -0.25) is 0 Å². The highest BCUT2D eigenvalue weighted by Crippen LogP contribution is 1.91. The Bertz CT molecular complexity index is 198. The van der Waals surface area contributed by atoms with Gasteiger partial charge in [0, 0.05) is 18.1 Å². The van der Waals surface area contributed by atoms with E-state index in [-0.39, 0.29) is 6.61 Å². The molecule has 0 aliphatic rings. The molecule has 0 radical (unpaired) electrons. The van der Waals surface area contributed by atoms with Crippen LogP contribution in [0.25, 0.3) is 0 Å². The van der Waals surface area contributed by atoms with Gasteiger partial charge in [-0.1, -0.05) is 13.0 Å². The molecular formula is C9H14NO+. The number of aliphatic hydroxyl groups is 1. The molecular weight excluding hydrogens is 138 g/mol. The fourth-order valence-corrected chi connectivity index (χ4v) is 0.974. The minimum atomic E-state index is 0.252. The number of pyridine rings is 1. The summed E-state index contributed by atoms with van der Waals surface area (Å²) in [5, 5.41) is 8.78. The lowest BCUT2D eigenvalue weighted by Crippen LogP contribution is -2.36. The van der Waals surface area contributed by atoms with Crippen LogP contribution in [-0.4, -0.2) is 11.7 Å². The number of rotatable bonds is 3. The van der Waals surface area contributed by atoms with Gasteiger partial charge < -0.3 is 5.11 Å². The predicted octanol–water partition coefficient (Wildman–Crippen LogP) is 0.602. The van der Waals surface area contributed by atoms with E-state index in [1.54, 1.807) is 0 Å². The molecule has 1 rings (SSSR count). The van der Waals surface area contributed by atoms with E-state index in [2.05, 4.69) is 4.57 Å². The topological polar surface area (TPSA) is 24.1 Å². The van der Waals surface area contributed by atoms with Gasteiger partial charge in [0.25, 0.3) is 0 Å². The summed E-state index contributed by atoms with van der Waals surface area (Å²) in [6.07, 6.45) is 4.01. The van der Waals surface area contributed by atoms with Crippen LogP contribution in [0, 0.1) is 5.92 Å². The lowest BCUT2D eigenvalue weighted by Gasteiger charge is -2.01. The molecule has 0 spiro atoms. The zero-order valence-electron chi connectivity index (χ0n) is 6.77. The fourth-order valence-electron chi connectivity index (χ4n) is 0.974. The van der Waals surface area contributed by atoms with Crippen LogP contribution in [0.3, 0.4) is 0 Å². The Kier molecular flexibility index (Phi) is 3.05. The summed E-state index contributed by atoms with van der Waals surface area (Å²) in [4.78, 5) is 0. The zero-order valence-corrected chi connectivity index (χ0v) is 6.77. The maximum atomic E-state index is 8.78. The van der Waals surface area contributed by atoms with Crippen LogP contribution in [0.15, 0.2) is 30.6 Å². The Hall–Kier alpha value is -0.890. The van der Waals surface area contributed by atoms with Crippen LogP contribution in [0.5, 0.6) is 0 Å². The van der Waals surface area contributed by atoms with Crippen molar-refractivity contribution in [1.29, 1.82) is 0 Å². The Morgan fingerprint density at radius 2 is 1.91 bits per heavy atom. The van der Waals surface area contributed by atoms with Gasteiger partial charge in [0.15, 0.2) is 18.9 Å². The van der Waals surface area contributed by atoms with Gasteiger partial charge in [-0.05, 0) is 0 Å². The van der Waals surface area contributed by atoms with Crippen molar-refractivity contribution in [2.24, 2.45) is 5.92 Å². The van der Waals surface area contributed by atoms with Crippen molar-refractivity contribution in [3.8, 4) is 0 Å². The van der Waals surface area contributed by atoms with Crippen LogP contribution < -0.4 is 4.57 Å². The standard InChI is InChI=1S/C9H14NO/c1-9(8-11)7-10-5-3-2-4-6-10/h2-6,9,11H,7-8H2,1H3/q+1. The van der Waals surface area contributed by atoms with Crippen LogP contribution in [0.2, 0.25) is 0 Å². The van der Waals surface area contributed by atoms with Gasteiger partial charge in [-0.15, -0.1) is 0 Å². The molecule has 0 bridgehead atoms. The summed E-state index contributed by atoms with van der Waals surface area (Å²) in [6.45, 7) is 3.17. The largest absolute Gasteiger partial charge is 0.396 e. The number of hydrogen-bond donors (Lipinski definition) is 1. The molecule has 11 heavy (non-hydrogen) atoms. The van der Waals surface area contributed by atoms with Gasteiger partial charge in [0.05, 0.1) is 6.61 Å². The predicted molar refractivity (Wildman–Crippen MR) is 42.9 cm³/mol. The first-order valence-electron chi connectivity index (χ1n) is 3.88. The van der Waals surface area contributed by atoms with Gasteiger partial charge >= 0.3 is 0 Å². The van der Waals surface area contributed by atoms with Crippen molar-refractivity contribution in [1.82, 2.24) is 0 Å². The molecule has 0 aromatic carbocycles. The van der Waals surface area contributed by atoms with E-state index < -0.39 is 0 Å². The Balaban J connectivity index is 2.51. The molecule has 0 saturated heterocycles. The van der Waals surface area contributed by atoms with E-state index in [4.69, 9.17) is 5.11 Å². The number of aliphatic hydroxyl groups excluding tert-OH is 1. The Labute approximate surface area is 67.1 Å². The highest BCUT2D eigenvalue weighted by atomic mass is 16.3. The van der Waals surface area contributed by atoms with Crippen molar-refractivity contribution in [2.75, 3.05) is 6.61 Å². The molecule has 1 aromatic heterocycles. The normalized spacial score (nSPS) is 12.9. The van der Waals surface area contributed by atoms with Gasteiger partial charge in [0.1, 0.15) is 0 Å². The van der Waals surface area contributed by atoms with Crippen LogP contribution in [0.4, 0.5) is 0 Å². The second kappa shape index (κ2) is 4.09. The summed E-state index contributed by atoms with van der Waals surface area (Å²) >= 11 is 0. The SMILES string of the molecule is CC(CO)C[n+]1ccccc1. The van der Waals surface area contributed by atoms with Crippen molar-refractivity contribution < 1.29 is 9.67 Å². The third-order valence-electron chi connectivity index (χ3n) is 1.61. The average Bonchev–Trinajstić information content (AvgIpc) is 2.06. The van der Waals surface area contributed by atoms with Gasteiger partial charge in [-0.2, -0.15) is 0 Å². The third kappa shape index (κ3) is 2.68. The molecule has 0 aliphatic heterocycles. The molecule has 60 valence electrons. The monoisotopic (exact) mass is 152 g/mol. The lowest BCUT2D eigenvalue weighted by atomic mass is 10.2. The number of nitrogens with zero attached hydrogens (tertiary/aromatic N) is 1. The summed E-state index contributed by atoms with van der Waals surface area (Å²) in [5.41, 5.74) is 0. The molecule has 2 heteroatoms. The maximum Gasteiger partial charge on any atom is 0.168 e. The molecule has 0 saturated carbocycles. The van der Waals surface area contributed by atoms with E-state index in [1.807, 2.05) is 37.5 Å². The van der Waals surface area contributed by atoms with Gasteiger partial charge in [0.2, 0.25) is 0 Å². The van der Waals surface area contributed by atoms with E-state index in [0.717, 1.165) is 6.54 Å². The first-order valence-corrected chi connectivity index (χ1v) is 3.88. The van der Waals surface area contributed by atoms with E-state index >= 15 is 0 Å². The van der Waals surface area contributed by atoms with Crippen LogP contribution >= 0.6 is 0 Å². The summed E-state index contributed by atoms with van der Waals surface area (Å²) in [7, 11) is 0. The third-order valence-corrected chi connectivity index (χ3v) is 1.61. The molecule has 1 aromatic rings. The number of hydrogen-bond acceptors (Lipinski definition) is 1. The zero-order chi connectivity index (χ0) is 8.10. The van der Waals surface area contributed by atoms with Gasteiger partial charge in [-0.25, -0.2) is 4.57 Å².